The molecule has 15 heavy (non-hydrogen) atoms. The molecule has 0 aliphatic carbocycles. The van der Waals surface area contributed by atoms with Gasteiger partial charge in [-0.05, 0) is 6.42 Å². The summed E-state index contributed by atoms with van der Waals surface area (Å²) >= 11 is 0. The Morgan fingerprint density at radius 3 is 3.00 bits per heavy atom. The number of hydrogen-bond donors (Lipinski definition) is 1. The van der Waals surface area contributed by atoms with E-state index in [-0.39, 0.29) is 11.9 Å². The van der Waals surface area contributed by atoms with Gasteiger partial charge in [-0.2, -0.15) is 4.98 Å². The quantitative estimate of drug-likeness (QED) is 0.741. The third-order valence-electron chi connectivity index (χ3n) is 2.50. The predicted molar refractivity (Wildman–Crippen MR) is 51.9 cm³/mol. The number of nitrogens with one attached hydrogen (secondary N) is 1. The lowest BCUT2D eigenvalue weighted by atomic mass is 10.2. The van der Waals surface area contributed by atoms with Crippen molar-refractivity contribution in [2.75, 3.05) is 13.6 Å². The van der Waals surface area contributed by atoms with Gasteiger partial charge in [-0.3, -0.25) is 10.1 Å². The van der Waals surface area contributed by atoms with Gasteiger partial charge in [0, 0.05) is 20.5 Å². The summed E-state index contributed by atoms with van der Waals surface area (Å²) in [6, 6.07) is -0.103. The SMILES string of the molecule is Cc1nc(CNC2CCN(C)C2=O)no1. The molecule has 6 heteroatoms. The van der Waals surface area contributed by atoms with Crippen LogP contribution in [0.15, 0.2) is 4.52 Å². The van der Waals surface area contributed by atoms with Crippen molar-refractivity contribution in [2.24, 2.45) is 0 Å². The number of aryl methyl sites for hydroxylation is 1. The number of carbonyl (C=O) groups excluding carboxylic acids is 1. The van der Waals surface area contributed by atoms with Crippen molar-refractivity contribution in [2.45, 2.75) is 25.9 Å². The minimum Gasteiger partial charge on any atom is -0.344 e. The summed E-state index contributed by atoms with van der Waals surface area (Å²) in [4.78, 5) is 17.3. The normalized spacial score (nSPS) is 21.3. The molecular weight excluding hydrogens is 196 g/mol. The molecular formula is C9H14N4O2. The van der Waals surface area contributed by atoms with Gasteiger partial charge in [0.05, 0.1) is 12.6 Å². The predicted octanol–water partition coefficient (Wildman–Crippen LogP) is -0.302. The van der Waals surface area contributed by atoms with Crippen molar-refractivity contribution in [1.29, 1.82) is 0 Å². The van der Waals surface area contributed by atoms with E-state index in [9.17, 15) is 4.79 Å². The lowest BCUT2D eigenvalue weighted by Crippen LogP contribution is -2.36. The van der Waals surface area contributed by atoms with Crippen LogP contribution in [0.1, 0.15) is 18.1 Å². The van der Waals surface area contributed by atoms with E-state index in [1.54, 1.807) is 11.8 Å². The molecule has 1 aromatic heterocycles. The average Bonchev–Trinajstić information content (AvgIpc) is 2.74. The topological polar surface area (TPSA) is 71.3 Å². The number of amides is 1. The number of carbonyl (C=O) groups is 1. The summed E-state index contributed by atoms with van der Waals surface area (Å²) in [6.45, 7) is 3.02. The summed E-state index contributed by atoms with van der Waals surface area (Å²) in [7, 11) is 1.81. The second-order valence-corrected chi connectivity index (χ2v) is 3.71. The van der Waals surface area contributed by atoms with Crippen LogP contribution in [0.4, 0.5) is 0 Å². The van der Waals surface area contributed by atoms with Crippen LogP contribution < -0.4 is 5.32 Å². The van der Waals surface area contributed by atoms with Crippen LogP contribution in [-0.2, 0) is 11.3 Å². The average molecular weight is 210 g/mol. The van der Waals surface area contributed by atoms with Gasteiger partial charge < -0.3 is 9.42 Å². The Hall–Kier alpha value is -1.43. The zero-order valence-electron chi connectivity index (χ0n) is 8.86. The molecule has 1 fully saturated rings. The van der Waals surface area contributed by atoms with Gasteiger partial charge in [-0.25, -0.2) is 0 Å². The van der Waals surface area contributed by atoms with Crippen LogP contribution in [-0.4, -0.2) is 40.6 Å². The third kappa shape index (κ3) is 2.15. The summed E-state index contributed by atoms with van der Waals surface area (Å²) in [5.74, 6) is 1.27. The van der Waals surface area contributed by atoms with E-state index in [1.807, 2.05) is 7.05 Å². The minimum atomic E-state index is -0.103. The Morgan fingerprint density at radius 1 is 1.67 bits per heavy atom. The van der Waals surface area contributed by atoms with E-state index in [0.29, 0.717) is 18.3 Å². The van der Waals surface area contributed by atoms with Gasteiger partial charge in [0.1, 0.15) is 0 Å². The monoisotopic (exact) mass is 210 g/mol. The fourth-order valence-corrected chi connectivity index (χ4v) is 1.64. The fourth-order valence-electron chi connectivity index (χ4n) is 1.64. The first-order valence-corrected chi connectivity index (χ1v) is 4.94. The molecule has 2 rings (SSSR count). The fraction of sp³-hybridized carbons (Fsp3) is 0.667. The highest BCUT2D eigenvalue weighted by Crippen LogP contribution is 2.08. The van der Waals surface area contributed by atoms with Crippen molar-refractivity contribution in [3.05, 3.63) is 11.7 Å². The van der Waals surface area contributed by atoms with Crippen LogP contribution >= 0.6 is 0 Å². The first kappa shape index (κ1) is 10.1. The Kier molecular flexibility index (Phi) is 2.68. The van der Waals surface area contributed by atoms with Crippen LogP contribution in [0, 0.1) is 6.92 Å². The molecule has 0 bridgehead atoms. The molecule has 1 atom stereocenters. The molecule has 1 saturated heterocycles. The van der Waals surface area contributed by atoms with Crippen LogP contribution in [0.25, 0.3) is 0 Å². The van der Waals surface area contributed by atoms with Crippen LogP contribution in [0.2, 0.25) is 0 Å². The maximum absolute atomic E-state index is 11.5. The maximum Gasteiger partial charge on any atom is 0.239 e. The molecule has 82 valence electrons. The van der Waals surface area contributed by atoms with Crippen molar-refractivity contribution in [3.8, 4) is 0 Å². The largest absolute Gasteiger partial charge is 0.344 e. The molecule has 1 aliphatic rings. The highest BCUT2D eigenvalue weighted by molar-refractivity contribution is 5.83. The number of aromatic nitrogens is 2. The van der Waals surface area contributed by atoms with Crippen molar-refractivity contribution in [1.82, 2.24) is 20.4 Å². The lowest BCUT2D eigenvalue weighted by Gasteiger charge is -2.10. The van der Waals surface area contributed by atoms with Gasteiger partial charge >= 0.3 is 0 Å². The van der Waals surface area contributed by atoms with E-state index in [4.69, 9.17) is 4.52 Å². The van der Waals surface area contributed by atoms with E-state index in [1.165, 1.54) is 0 Å². The Bertz CT molecular complexity index is 363. The second-order valence-electron chi connectivity index (χ2n) is 3.71. The summed E-state index contributed by atoms with van der Waals surface area (Å²) in [5, 5.41) is 6.86. The highest BCUT2D eigenvalue weighted by atomic mass is 16.5. The Labute approximate surface area is 87.6 Å². The number of rotatable bonds is 3. The number of likely N-dealkylation sites (N-methyl/N-ethyl adjacent to an activating group) is 1. The van der Waals surface area contributed by atoms with Gasteiger partial charge in [0.2, 0.25) is 11.8 Å². The van der Waals surface area contributed by atoms with Crippen molar-refractivity contribution >= 4 is 5.91 Å². The number of nitrogens with zero attached hydrogens (tertiary/aromatic N) is 3. The molecule has 0 radical (unpaired) electrons. The summed E-state index contributed by atoms with van der Waals surface area (Å²) in [5.41, 5.74) is 0. The smallest absolute Gasteiger partial charge is 0.239 e. The number of likely N-dealkylation sites (tertiary alicyclic amines) is 1. The Morgan fingerprint density at radius 2 is 2.47 bits per heavy atom. The molecule has 1 aromatic rings. The minimum absolute atomic E-state index is 0.103. The molecule has 1 aliphatic heterocycles. The zero-order chi connectivity index (χ0) is 10.8. The first-order chi connectivity index (χ1) is 7.16. The number of hydrogen-bond acceptors (Lipinski definition) is 5. The second kappa shape index (κ2) is 3.98. The first-order valence-electron chi connectivity index (χ1n) is 4.94. The molecule has 1 amide bonds. The lowest BCUT2D eigenvalue weighted by molar-refractivity contribution is -0.128. The summed E-state index contributed by atoms with van der Waals surface area (Å²) < 4.78 is 4.83. The molecule has 2 heterocycles. The van der Waals surface area contributed by atoms with Crippen molar-refractivity contribution < 1.29 is 9.32 Å². The van der Waals surface area contributed by atoms with E-state index >= 15 is 0 Å². The molecule has 0 saturated carbocycles. The van der Waals surface area contributed by atoms with Gasteiger partial charge in [-0.1, -0.05) is 5.16 Å². The highest BCUT2D eigenvalue weighted by Gasteiger charge is 2.28. The van der Waals surface area contributed by atoms with E-state index < -0.39 is 0 Å². The van der Waals surface area contributed by atoms with Gasteiger partial charge in [-0.15, -0.1) is 0 Å². The molecule has 0 spiro atoms. The zero-order valence-corrected chi connectivity index (χ0v) is 8.86. The summed E-state index contributed by atoms with van der Waals surface area (Å²) in [6.07, 6.45) is 0.839. The molecule has 1 N–H and O–H groups in total. The molecule has 1 unspecified atom stereocenters. The molecule has 6 nitrogen and oxygen atoms in total. The maximum atomic E-state index is 11.5. The van der Waals surface area contributed by atoms with E-state index in [2.05, 4.69) is 15.5 Å². The van der Waals surface area contributed by atoms with Gasteiger partial charge in [0.15, 0.2) is 5.82 Å². The van der Waals surface area contributed by atoms with Crippen LogP contribution in [0.5, 0.6) is 0 Å². The molecule has 0 aromatic carbocycles. The van der Waals surface area contributed by atoms with Crippen molar-refractivity contribution in [3.63, 3.8) is 0 Å². The Balaban J connectivity index is 1.86. The standard InChI is InChI=1S/C9H14N4O2/c1-6-11-8(12-15-6)5-10-7-3-4-13(2)9(7)14/h7,10H,3-5H2,1-2H3. The van der Waals surface area contributed by atoms with E-state index in [0.717, 1.165) is 13.0 Å². The van der Waals surface area contributed by atoms with Crippen LogP contribution in [0.3, 0.4) is 0 Å². The van der Waals surface area contributed by atoms with Gasteiger partial charge in [0.25, 0.3) is 0 Å². The third-order valence-corrected chi connectivity index (χ3v) is 2.50.